The third kappa shape index (κ3) is 5.86. The molecular weight excluding hydrogens is 318 g/mol. The number of nitrogens with one attached hydrogen (secondary N) is 2. The molecule has 1 unspecified atom stereocenters. The molecule has 130 valence electrons. The molecule has 2 N–H and O–H groups in total. The second-order valence-electron chi connectivity index (χ2n) is 5.35. The number of anilines is 2. The Labute approximate surface area is 146 Å². The molecule has 0 saturated heterocycles. The summed E-state index contributed by atoms with van der Waals surface area (Å²) in [5, 5.41) is 5.50. The smallest absolute Gasteiger partial charge is 0.255 e. The molecule has 0 radical (unpaired) electrons. The van der Waals surface area contributed by atoms with E-state index in [-0.39, 0.29) is 11.8 Å². The molecule has 1 heterocycles. The molecule has 0 bridgehead atoms. The van der Waals surface area contributed by atoms with Gasteiger partial charge in [-0.1, -0.05) is 6.08 Å². The number of hydrogen-bond acceptors (Lipinski definition) is 4. The molecule has 1 aromatic carbocycles. The lowest BCUT2D eigenvalue weighted by Crippen LogP contribution is -2.28. The van der Waals surface area contributed by atoms with E-state index in [1.54, 1.807) is 61.8 Å². The van der Waals surface area contributed by atoms with Crippen molar-refractivity contribution >= 4 is 23.2 Å². The maximum absolute atomic E-state index is 12.1. The molecule has 6 heteroatoms. The van der Waals surface area contributed by atoms with Gasteiger partial charge in [-0.15, -0.1) is 6.58 Å². The summed E-state index contributed by atoms with van der Waals surface area (Å²) in [5.74, 6) is -0.483. The molecular formula is C19H21N3O3. The van der Waals surface area contributed by atoms with Gasteiger partial charge in [0.1, 0.15) is 6.10 Å². The van der Waals surface area contributed by atoms with Gasteiger partial charge in [-0.3, -0.25) is 14.6 Å². The van der Waals surface area contributed by atoms with Gasteiger partial charge in [0.25, 0.3) is 11.8 Å². The molecule has 0 aliphatic heterocycles. The number of nitrogens with zero attached hydrogens (tertiary/aromatic N) is 1. The number of rotatable bonds is 8. The van der Waals surface area contributed by atoms with Crippen LogP contribution in [0.2, 0.25) is 0 Å². The first-order chi connectivity index (χ1) is 12.1. The third-order valence-corrected chi connectivity index (χ3v) is 3.39. The van der Waals surface area contributed by atoms with Crippen LogP contribution in [0.4, 0.5) is 11.4 Å². The second-order valence-corrected chi connectivity index (χ2v) is 5.35. The van der Waals surface area contributed by atoms with Gasteiger partial charge < -0.3 is 15.4 Å². The Kier molecular flexibility index (Phi) is 6.86. The first-order valence-corrected chi connectivity index (χ1v) is 7.95. The summed E-state index contributed by atoms with van der Waals surface area (Å²) in [6.45, 7) is 5.74. The Morgan fingerprint density at radius 1 is 1.20 bits per heavy atom. The summed E-state index contributed by atoms with van der Waals surface area (Å²) in [4.78, 5) is 28.1. The average Bonchev–Trinajstić information content (AvgIpc) is 2.63. The Morgan fingerprint density at radius 2 is 1.96 bits per heavy atom. The normalized spacial score (nSPS) is 11.4. The maximum Gasteiger partial charge on any atom is 0.255 e. The minimum Gasteiger partial charge on any atom is -0.368 e. The number of amides is 2. The average molecular weight is 339 g/mol. The van der Waals surface area contributed by atoms with Gasteiger partial charge >= 0.3 is 0 Å². The van der Waals surface area contributed by atoms with Crippen LogP contribution in [-0.4, -0.2) is 29.5 Å². The second kappa shape index (κ2) is 9.34. The summed E-state index contributed by atoms with van der Waals surface area (Å²) >= 11 is 0. The van der Waals surface area contributed by atoms with Gasteiger partial charge in [-0.2, -0.15) is 0 Å². The highest BCUT2D eigenvalue weighted by atomic mass is 16.5. The lowest BCUT2D eigenvalue weighted by molar-refractivity contribution is -0.126. The number of benzene rings is 1. The molecule has 1 aromatic heterocycles. The number of ether oxygens (including phenoxy) is 1. The Balaban J connectivity index is 1.89. The standard InChI is InChI=1S/C19H21N3O3/c1-3-4-12-25-14(2)18(23)21-16-9-7-15(8-10-16)19(24)22-17-6-5-11-20-13-17/h3,5-11,13-14H,1,4,12H2,2H3,(H,21,23)(H,22,24). The Bertz CT molecular complexity index is 714. The zero-order chi connectivity index (χ0) is 18.1. The van der Waals surface area contributed by atoms with Crippen LogP contribution in [0.1, 0.15) is 23.7 Å². The van der Waals surface area contributed by atoms with E-state index in [2.05, 4.69) is 22.2 Å². The Hall–Kier alpha value is -2.99. The molecule has 0 fully saturated rings. The van der Waals surface area contributed by atoms with Crippen molar-refractivity contribution in [1.82, 2.24) is 4.98 Å². The van der Waals surface area contributed by atoms with Crippen molar-refractivity contribution in [3.8, 4) is 0 Å². The quantitative estimate of drug-likeness (QED) is 0.571. The van der Waals surface area contributed by atoms with Gasteiger partial charge in [-0.05, 0) is 49.7 Å². The summed E-state index contributed by atoms with van der Waals surface area (Å²) in [7, 11) is 0. The van der Waals surface area contributed by atoms with Crippen LogP contribution >= 0.6 is 0 Å². The van der Waals surface area contributed by atoms with E-state index in [1.165, 1.54) is 0 Å². The van der Waals surface area contributed by atoms with Crippen molar-refractivity contribution in [1.29, 1.82) is 0 Å². The zero-order valence-electron chi connectivity index (χ0n) is 14.1. The van der Waals surface area contributed by atoms with Crippen LogP contribution in [0.15, 0.2) is 61.4 Å². The summed E-state index contributed by atoms with van der Waals surface area (Å²) < 4.78 is 5.39. The molecule has 1 atom stereocenters. The molecule has 2 aromatic rings. The minimum atomic E-state index is -0.562. The minimum absolute atomic E-state index is 0.239. The van der Waals surface area contributed by atoms with E-state index in [4.69, 9.17) is 4.74 Å². The van der Waals surface area contributed by atoms with E-state index in [9.17, 15) is 9.59 Å². The fraction of sp³-hybridized carbons (Fsp3) is 0.211. The summed E-state index contributed by atoms with van der Waals surface area (Å²) in [5.41, 5.74) is 1.70. The van der Waals surface area contributed by atoms with Crippen molar-refractivity contribution in [2.24, 2.45) is 0 Å². The lowest BCUT2D eigenvalue weighted by atomic mass is 10.2. The number of carbonyl (C=O) groups excluding carboxylic acids is 2. The number of pyridine rings is 1. The van der Waals surface area contributed by atoms with Crippen LogP contribution in [0.5, 0.6) is 0 Å². The number of aromatic nitrogens is 1. The third-order valence-electron chi connectivity index (χ3n) is 3.39. The van der Waals surface area contributed by atoms with Gasteiger partial charge in [0.15, 0.2) is 0 Å². The molecule has 0 saturated carbocycles. The molecule has 0 spiro atoms. The summed E-state index contributed by atoms with van der Waals surface area (Å²) in [6.07, 6.45) is 5.07. The largest absolute Gasteiger partial charge is 0.368 e. The predicted molar refractivity (Wildman–Crippen MR) is 97.5 cm³/mol. The number of carbonyl (C=O) groups is 2. The molecule has 0 aliphatic rings. The van der Waals surface area contributed by atoms with Crippen molar-refractivity contribution < 1.29 is 14.3 Å². The molecule has 2 rings (SSSR count). The van der Waals surface area contributed by atoms with Crippen LogP contribution in [-0.2, 0) is 9.53 Å². The molecule has 6 nitrogen and oxygen atoms in total. The first kappa shape index (κ1) is 18.4. The van der Waals surface area contributed by atoms with Crippen LogP contribution in [0, 0.1) is 0 Å². The van der Waals surface area contributed by atoms with E-state index in [0.29, 0.717) is 30.0 Å². The van der Waals surface area contributed by atoms with Crippen molar-refractivity contribution in [2.75, 3.05) is 17.2 Å². The van der Waals surface area contributed by atoms with Gasteiger partial charge in [0, 0.05) is 17.4 Å². The maximum atomic E-state index is 12.1. The fourth-order valence-electron chi connectivity index (χ4n) is 1.99. The van der Waals surface area contributed by atoms with Gasteiger partial charge in [0.05, 0.1) is 18.5 Å². The fourth-order valence-corrected chi connectivity index (χ4v) is 1.99. The first-order valence-electron chi connectivity index (χ1n) is 7.95. The van der Waals surface area contributed by atoms with E-state index >= 15 is 0 Å². The van der Waals surface area contributed by atoms with E-state index < -0.39 is 6.10 Å². The van der Waals surface area contributed by atoms with Crippen molar-refractivity contribution in [2.45, 2.75) is 19.4 Å². The lowest BCUT2D eigenvalue weighted by Gasteiger charge is -2.13. The molecule has 2 amide bonds. The molecule has 25 heavy (non-hydrogen) atoms. The van der Waals surface area contributed by atoms with Crippen molar-refractivity contribution in [3.63, 3.8) is 0 Å². The summed E-state index contributed by atoms with van der Waals surface area (Å²) in [6, 6.07) is 10.1. The highest BCUT2D eigenvalue weighted by Crippen LogP contribution is 2.12. The van der Waals surface area contributed by atoms with Crippen LogP contribution in [0.25, 0.3) is 0 Å². The van der Waals surface area contributed by atoms with Gasteiger partial charge in [-0.25, -0.2) is 0 Å². The monoisotopic (exact) mass is 339 g/mol. The number of hydrogen-bond donors (Lipinski definition) is 2. The van der Waals surface area contributed by atoms with Gasteiger partial charge in [0.2, 0.25) is 0 Å². The van der Waals surface area contributed by atoms with Crippen molar-refractivity contribution in [3.05, 3.63) is 67.0 Å². The Morgan fingerprint density at radius 3 is 2.60 bits per heavy atom. The predicted octanol–water partition coefficient (Wildman–Crippen LogP) is 3.25. The highest BCUT2D eigenvalue weighted by molar-refractivity contribution is 6.04. The topological polar surface area (TPSA) is 80.3 Å². The van der Waals surface area contributed by atoms with E-state index in [1.807, 2.05) is 0 Å². The SMILES string of the molecule is C=CCCOC(C)C(=O)Nc1ccc(C(=O)Nc2cccnc2)cc1. The molecule has 0 aliphatic carbocycles. The van der Waals surface area contributed by atoms with E-state index in [0.717, 1.165) is 0 Å². The van der Waals surface area contributed by atoms with Crippen LogP contribution in [0.3, 0.4) is 0 Å². The zero-order valence-corrected chi connectivity index (χ0v) is 14.1. The highest BCUT2D eigenvalue weighted by Gasteiger charge is 2.13. The van der Waals surface area contributed by atoms with Crippen LogP contribution < -0.4 is 10.6 Å².